The van der Waals surface area contributed by atoms with Gasteiger partial charge in [-0.25, -0.2) is 9.37 Å². The third-order valence-corrected chi connectivity index (χ3v) is 5.78. The molecular formula is C21H28FN5. The van der Waals surface area contributed by atoms with E-state index in [-0.39, 0.29) is 5.82 Å². The fraction of sp³-hybridized carbons (Fsp3) is 0.524. The summed E-state index contributed by atoms with van der Waals surface area (Å²) in [7, 11) is 0. The molecule has 1 aromatic carbocycles. The Bertz CT molecular complexity index is 742. The van der Waals surface area contributed by atoms with Crippen LogP contribution in [-0.2, 0) is 0 Å². The molecule has 1 atom stereocenters. The molecule has 0 amide bonds. The summed E-state index contributed by atoms with van der Waals surface area (Å²) in [6, 6.07) is 9.39. The fourth-order valence-corrected chi connectivity index (χ4v) is 4.19. The lowest BCUT2D eigenvalue weighted by Crippen LogP contribution is -2.47. The number of halogens is 1. The molecule has 4 rings (SSSR count). The van der Waals surface area contributed by atoms with E-state index in [1.165, 1.54) is 31.4 Å². The molecule has 3 heterocycles. The fourth-order valence-electron chi connectivity index (χ4n) is 4.19. The van der Waals surface area contributed by atoms with Gasteiger partial charge in [0.05, 0.1) is 0 Å². The van der Waals surface area contributed by atoms with Gasteiger partial charge in [0.2, 0.25) is 5.95 Å². The van der Waals surface area contributed by atoms with Gasteiger partial charge in [-0.15, -0.1) is 0 Å². The highest BCUT2D eigenvalue weighted by Crippen LogP contribution is 2.26. The van der Waals surface area contributed by atoms with Gasteiger partial charge >= 0.3 is 0 Å². The summed E-state index contributed by atoms with van der Waals surface area (Å²) in [6.45, 7) is 6.88. The Balaban J connectivity index is 1.43. The van der Waals surface area contributed by atoms with Crippen LogP contribution in [0.5, 0.6) is 0 Å². The lowest BCUT2D eigenvalue weighted by molar-refractivity contribution is 0.446. The SMILES string of the molecule is CCC1CCCCN1c1ccnc(N2CCN(c3ccc(F)cc3)CC2)n1. The first-order valence-electron chi connectivity index (χ1n) is 10.1. The molecule has 0 spiro atoms. The van der Waals surface area contributed by atoms with Crippen LogP contribution in [0.2, 0.25) is 0 Å². The maximum Gasteiger partial charge on any atom is 0.227 e. The highest BCUT2D eigenvalue weighted by molar-refractivity contribution is 5.50. The van der Waals surface area contributed by atoms with E-state index in [1.807, 2.05) is 24.4 Å². The van der Waals surface area contributed by atoms with Crippen molar-refractivity contribution in [3.63, 3.8) is 0 Å². The first kappa shape index (κ1) is 18.0. The molecule has 2 aliphatic heterocycles. The maximum atomic E-state index is 13.1. The first-order valence-corrected chi connectivity index (χ1v) is 10.1. The smallest absolute Gasteiger partial charge is 0.227 e. The number of hydrogen-bond acceptors (Lipinski definition) is 5. The number of benzene rings is 1. The molecule has 0 saturated carbocycles. The molecule has 5 nitrogen and oxygen atoms in total. The topological polar surface area (TPSA) is 35.5 Å². The van der Waals surface area contributed by atoms with Crippen molar-refractivity contribution in [1.82, 2.24) is 9.97 Å². The van der Waals surface area contributed by atoms with E-state index in [4.69, 9.17) is 4.98 Å². The number of rotatable bonds is 4. The summed E-state index contributed by atoms with van der Waals surface area (Å²) in [5, 5.41) is 0. The van der Waals surface area contributed by atoms with Gasteiger partial charge in [0, 0.05) is 50.6 Å². The van der Waals surface area contributed by atoms with Crippen molar-refractivity contribution in [2.75, 3.05) is 47.4 Å². The van der Waals surface area contributed by atoms with Crippen molar-refractivity contribution in [2.24, 2.45) is 0 Å². The molecule has 1 unspecified atom stereocenters. The minimum Gasteiger partial charge on any atom is -0.368 e. The summed E-state index contributed by atoms with van der Waals surface area (Å²) >= 11 is 0. The van der Waals surface area contributed by atoms with Crippen LogP contribution in [-0.4, -0.2) is 48.7 Å². The van der Waals surface area contributed by atoms with Gasteiger partial charge in [-0.3, -0.25) is 0 Å². The predicted octanol–water partition coefficient (Wildman–Crippen LogP) is 3.71. The Kier molecular flexibility index (Phi) is 5.41. The highest BCUT2D eigenvalue weighted by Gasteiger charge is 2.24. The third-order valence-electron chi connectivity index (χ3n) is 5.78. The van der Waals surface area contributed by atoms with Gasteiger partial charge in [0.15, 0.2) is 0 Å². The van der Waals surface area contributed by atoms with Crippen molar-refractivity contribution < 1.29 is 4.39 Å². The molecule has 2 aliphatic rings. The quantitative estimate of drug-likeness (QED) is 0.821. The largest absolute Gasteiger partial charge is 0.368 e. The Morgan fingerprint density at radius 2 is 1.70 bits per heavy atom. The van der Waals surface area contributed by atoms with Gasteiger partial charge < -0.3 is 14.7 Å². The Morgan fingerprint density at radius 1 is 0.963 bits per heavy atom. The van der Waals surface area contributed by atoms with Crippen LogP contribution in [0, 0.1) is 5.82 Å². The van der Waals surface area contributed by atoms with Crippen molar-refractivity contribution in [2.45, 2.75) is 38.6 Å². The van der Waals surface area contributed by atoms with Gasteiger partial charge in [-0.05, 0) is 56.0 Å². The molecule has 1 aromatic heterocycles. The number of anilines is 3. The zero-order valence-electron chi connectivity index (χ0n) is 16.0. The molecule has 2 fully saturated rings. The Hall–Kier alpha value is -2.37. The average Bonchev–Trinajstić information content (AvgIpc) is 2.74. The summed E-state index contributed by atoms with van der Waals surface area (Å²) in [5.74, 6) is 1.70. The van der Waals surface area contributed by atoms with E-state index in [9.17, 15) is 4.39 Å². The monoisotopic (exact) mass is 369 g/mol. The van der Waals surface area contributed by atoms with Crippen molar-refractivity contribution in [1.29, 1.82) is 0 Å². The van der Waals surface area contributed by atoms with Gasteiger partial charge in [-0.2, -0.15) is 4.98 Å². The Morgan fingerprint density at radius 3 is 2.44 bits per heavy atom. The number of piperidine rings is 1. The Labute approximate surface area is 160 Å². The minimum absolute atomic E-state index is 0.189. The van der Waals surface area contributed by atoms with Crippen LogP contribution < -0.4 is 14.7 Å². The normalized spacial score (nSPS) is 20.8. The molecule has 0 radical (unpaired) electrons. The van der Waals surface area contributed by atoms with Gasteiger partial charge in [0.25, 0.3) is 0 Å². The second kappa shape index (κ2) is 8.11. The van der Waals surface area contributed by atoms with E-state index < -0.39 is 0 Å². The first-order chi connectivity index (χ1) is 13.2. The second-order valence-corrected chi connectivity index (χ2v) is 7.42. The number of nitrogens with zero attached hydrogens (tertiary/aromatic N) is 5. The number of piperazine rings is 1. The number of aromatic nitrogens is 2. The maximum absolute atomic E-state index is 13.1. The molecular weight excluding hydrogens is 341 g/mol. The van der Waals surface area contributed by atoms with Crippen molar-refractivity contribution >= 4 is 17.5 Å². The summed E-state index contributed by atoms with van der Waals surface area (Å²) in [4.78, 5) is 16.4. The van der Waals surface area contributed by atoms with E-state index in [0.29, 0.717) is 6.04 Å². The van der Waals surface area contributed by atoms with Gasteiger partial charge in [0.1, 0.15) is 11.6 Å². The van der Waals surface area contributed by atoms with Crippen molar-refractivity contribution in [3.8, 4) is 0 Å². The van der Waals surface area contributed by atoms with Crippen LogP contribution >= 0.6 is 0 Å². The van der Waals surface area contributed by atoms with E-state index in [1.54, 1.807) is 0 Å². The highest BCUT2D eigenvalue weighted by atomic mass is 19.1. The zero-order chi connectivity index (χ0) is 18.6. The van der Waals surface area contributed by atoms with Crippen LogP contribution in [0.15, 0.2) is 36.5 Å². The third kappa shape index (κ3) is 3.99. The molecule has 2 aromatic rings. The van der Waals surface area contributed by atoms with Crippen LogP contribution in [0.4, 0.5) is 21.8 Å². The summed E-state index contributed by atoms with van der Waals surface area (Å²) < 4.78 is 13.1. The van der Waals surface area contributed by atoms with Crippen molar-refractivity contribution in [3.05, 3.63) is 42.3 Å². The van der Waals surface area contributed by atoms with Crippen LogP contribution in [0.25, 0.3) is 0 Å². The van der Waals surface area contributed by atoms with E-state index >= 15 is 0 Å². The van der Waals surface area contributed by atoms with Crippen LogP contribution in [0.1, 0.15) is 32.6 Å². The molecule has 0 aliphatic carbocycles. The molecule has 6 heteroatoms. The lowest BCUT2D eigenvalue weighted by atomic mass is 10.0. The number of hydrogen-bond donors (Lipinski definition) is 0. The van der Waals surface area contributed by atoms with Crippen LogP contribution in [0.3, 0.4) is 0 Å². The molecule has 0 N–H and O–H groups in total. The second-order valence-electron chi connectivity index (χ2n) is 7.42. The zero-order valence-corrected chi connectivity index (χ0v) is 16.0. The standard InChI is InChI=1S/C21H28FN5/c1-2-18-5-3-4-12-27(18)20-10-11-23-21(24-20)26-15-13-25(14-16-26)19-8-6-17(22)7-9-19/h6-11,18H,2-5,12-16H2,1H3. The lowest BCUT2D eigenvalue weighted by Gasteiger charge is -2.38. The molecule has 144 valence electrons. The minimum atomic E-state index is -0.189. The van der Waals surface area contributed by atoms with E-state index in [2.05, 4.69) is 26.6 Å². The molecule has 2 saturated heterocycles. The average molecular weight is 369 g/mol. The summed E-state index contributed by atoms with van der Waals surface area (Å²) in [5.41, 5.74) is 1.07. The molecule has 0 bridgehead atoms. The predicted molar refractivity (Wildman–Crippen MR) is 108 cm³/mol. The summed E-state index contributed by atoms with van der Waals surface area (Å²) in [6.07, 6.45) is 6.87. The van der Waals surface area contributed by atoms with Gasteiger partial charge in [-0.1, -0.05) is 6.92 Å². The van der Waals surface area contributed by atoms with E-state index in [0.717, 1.165) is 56.6 Å². The molecule has 27 heavy (non-hydrogen) atoms.